The van der Waals surface area contributed by atoms with Crippen molar-refractivity contribution in [2.24, 2.45) is 5.92 Å². The first-order chi connectivity index (χ1) is 8.15. The Hall–Kier alpha value is -1.47. The van der Waals surface area contributed by atoms with Crippen molar-refractivity contribution in [1.29, 1.82) is 0 Å². The molecule has 0 radical (unpaired) electrons. The van der Waals surface area contributed by atoms with Crippen LogP contribution in [0.4, 0.5) is 4.39 Å². The van der Waals surface area contributed by atoms with E-state index >= 15 is 0 Å². The van der Waals surface area contributed by atoms with Crippen molar-refractivity contribution in [3.8, 4) is 0 Å². The number of hydrogen-bond acceptors (Lipinski definition) is 4. The van der Waals surface area contributed by atoms with Crippen LogP contribution in [0.5, 0.6) is 0 Å². The van der Waals surface area contributed by atoms with E-state index in [1.807, 2.05) is 0 Å². The van der Waals surface area contributed by atoms with E-state index in [9.17, 15) is 14.3 Å². The molecule has 3 atom stereocenters. The van der Waals surface area contributed by atoms with Crippen LogP contribution in [0.1, 0.15) is 10.5 Å². The summed E-state index contributed by atoms with van der Waals surface area (Å²) in [4.78, 5) is 13.5. The molecule has 1 amide bonds. The minimum atomic E-state index is -0.635. The Labute approximate surface area is 96.4 Å². The van der Waals surface area contributed by atoms with E-state index in [2.05, 4.69) is 10.2 Å². The first kappa shape index (κ1) is 10.7. The number of nitrogens with one attached hydrogen (secondary N) is 1. The van der Waals surface area contributed by atoms with Crippen LogP contribution < -0.4 is 0 Å². The molecule has 3 rings (SSSR count). The van der Waals surface area contributed by atoms with Crippen LogP contribution in [0.25, 0.3) is 0 Å². The molecule has 3 heterocycles. The number of piperidine rings is 1. The molecule has 2 fully saturated rings. The number of carbonyl (C=O) groups is 1. The number of fused-ring (bicyclic) bond motifs is 2. The predicted molar refractivity (Wildman–Crippen MR) is 53.7 cm³/mol. The molecule has 2 N–H and O–H groups in total. The standard InChI is InChI=1S/C10H12FN3O3/c11-8-1-6(12-13-8)10(16)14-2-5-4-17-7(3-14)9(5)15/h1,5,7,9,15H,2-4H2,(H,12,13)/t5-,7-,9-/m1/s1. The number of halogens is 1. The Morgan fingerprint density at radius 3 is 3.12 bits per heavy atom. The number of likely N-dealkylation sites (tertiary alicyclic amines) is 1. The molecule has 0 spiro atoms. The summed E-state index contributed by atoms with van der Waals surface area (Å²) in [5, 5.41) is 15.4. The van der Waals surface area contributed by atoms with Crippen LogP contribution in [0.3, 0.4) is 0 Å². The van der Waals surface area contributed by atoms with Gasteiger partial charge in [0, 0.05) is 25.1 Å². The Balaban J connectivity index is 1.76. The Bertz CT molecular complexity index is 436. The lowest BCUT2D eigenvalue weighted by molar-refractivity contribution is -0.00488. The van der Waals surface area contributed by atoms with E-state index in [0.29, 0.717) is 19.7 Å². The SMILES string of the molecule is O=C(c1cc(F)[nH]n1)N1C[C@@H]2CO[C@H](C1)[C@@H]2O. The largest absolute Gasteiger partial charge is 0.390 e. The molecule has 7 heteroatoms. The van der Waals surface area contributed by atoms with E-state index < -0.39 is 12.1 Å². The molecule has 0 unspecified atom stereocenters. The number of carbonyl (C=O) groups excluding carboxylic acids is 1. The fraction of sp³-hybridized carbons (Fsp3) is 0.600. The fourth-order valence-electron chi connectivity index (χ4n) is 2.38. The summed E-state index contributed by atoms with van der Waals surface area (Å²) in [7, 11) is 0. The summed E-state index contributed by atoms with van der Waals surface area (Å²) in [6.07, 6.45) is -0.837. The second kappa shape index (κ2) is 3.78. The molecule has 1 aromatic rings. The van der Waals surface area contributed by atoms with Gasteiger partial charge in [-0.3, -0.25) is 9.89 Å². The Morgan fingerprint density at radius 2 is 2.47 bits per heavy atom. The molecular weight excluding hydrogens is 229 g/mol. The van der Waals surface area contributed by atoms with Crippen LogP contribution >= 0.6 is 0 Å². The number of aliphatic hydroxyl groups is 1. The molecule has 2 bridgehead atoms. The zero-order chi connectivity index (χ0) is 12.0. The van der Waals surface area contributed by atoms with Crippen molar-refractivity contribution in [3.05, 3.63) is 17.7 Å². The van der Waals surface area contributed by atoms with Crippen LogP contribution in [-0.2, 0) is 4.74 Å². The van der Waals surface area contributed by atoms with Gasteiger partial charge in [-0.05, 0) is 0 Å². The van der Waals surface area contributed by atoms with Gasteiger partial charge in [0.2, 0.25) is 5.95 Å². The molecule has 0 aliphatic carbocycles. The highest BCUT2D eigenvalue weighted by Gasteiger charge is 2.43. The molecule has 6 nitrogen and oxygen atoms in total. The number of aliphatic hydroxyl groups excluding tert-OH is 1. The second-order valence-corrected chi connectivity index (χ2v) is 4.43. The topological polar surface area (TPSA) is 78.5 Å². The Morgan fingerprint density at radius 1 is 1.65 bits per heavy atom. The highest BCUT2D eigenvalue weighted by molar-refractivity contribution is 5.92. The maximum absolute atomic E-state index is 12.7. The van der Waals surface area contributed by atoms with Crippen LogP contribution in [0.15, 0.2) is 6.07 Å². The molecule has 0 saturated carbocycles. The van der Waals surface area contributed by atoms with Crippen molar-refractivity contribution < 1.29 is 19.0 Å². The van der Waals surface area contributed by atoms with Crippen LogP contribution in [-0.4, -0.2) is 58.0 Å². The monoisotopic (exact) mass is 241 g/mol. The van der Waals surface area contributed by atoms with Crippen LogP contribution in [0.2, 0.25) is 0 Å². The predicted octanol–water partition coefficient (Wildman–Crippen LogP) is -0.620. The fourth-order valence-corrected chi connectivity index (χ4v) is 2.38. The number of aromatic amines is 1. The third-order valence-electron chi connectivity index (χ3n) is 3.30. The van der Waals surface area contributed by atoms with E-state index in [1.165, 1.54) is 0 Å². The van der Waals surface area contributed by atoms with Gasteiger partial charge in [-0.15, -0.1) is 0 Å². The maximum Gasteiger partial charge on any atom is 0.274 e. The smallest absolute Gasteiger partial charge is 0.274 e. The van der Waals surface area contributed by atoms with Gasteiger partial charge < -0.3 is 14.7 Å². The van der Waals surface area contributed by atoms with Gasteiger partial charge in [0.1, 0.15) is 6.10 Å². The number of aromatic nitrogens is 2. The van der Waals surface area contributed by atoms with Gasteiger partial charge in [0.05, 0.1) is 12.7 Å². The van der Waals surface area contributed by atoms with E-state index in [0.717, 1.165) is 6.07 Å². The van der Waals surface area contributed by atoms with Crippen molar-refractivity contribution in [3.63, 3.8) is 0 Å². The number of nitrogens with zero attached hydrogens (tertiary/aromatic N) is 2. The molecule has 1 aromatic heterocycles. The van der Waals surface area contributed by atoms with Crippen LogP contribution in [0, 0.1) is 11.9 Å². The zero-order valence-electron chi connectivity index (χ0n) is 8.97. The summed E-state index contributed by atoms with van der Waals surface area (Å²) in [5.41, 5.74) is 0.0540. The average Bonchev–Trinajstić information content (AvgIpc) is 2.79. The van der Waals surface area contributed by atoms with Gasteiger partial charge >= 0.3 is 0 Å². The third-order valence-corrected chi connectivity index (χ3v) is 3.30. The van der Waals surface area contributed by atoms with Crippen molar-refractivity contribution in [2.75, 3.05) is 19.7 Å². The lowest BCUT2D eigenvalue weighted by Gasteiger charge is -2.33. The van der Waals surface area contributed by atoms with Gasteiger partial charge in [-0.1, -0.05) is 0 Å². The number of amides is 1. The molecule has 17 heavy (non-hydrogen) atoms. The summed E-state index contributed by atoms with van der Waals surface area (Å²) < 4.78 is 18.1. The summed E-state index contributed by atoms with van der Waals surface area (Å²) >= 11 is 0. The summed E-state index contributed by atoms with van der Waals surface area (Å²) in [5.74, 6) is -1.02. The molecule has 2 aliphatic rings. The molecule has 2 saturated heterocycles. The highest BCUT2D eigenvalue weighted by Crippen LogP contribution is 2.28. The quantitative estimate of drug-likeness (QED) is 0.687. The lowest BCUT2D eigenvalue weighted by Crippen LogP contribution is -2.50. The zero-order valence-corrected chi connectivity index (χ0v) is 8.97. The van der Waals surface area contributed by atoms with Gasteiger partial charge in [0.15, 0.2) is 5.69 Å². The number of rotatable bonds is 1. The lowest BCUT2D eigenvalue weighted by atomic mass is 9.96. The first-order valence-electron chi connectivity index (χ1n) is 5.45. The number of hydrogen-bond donors (Lipinski definition) is 2. The molecule has 2 aliphatic heterocycles. The number of ether oxygens (including phenoxy) is 1. The maximum atomic E-state index is 12.7. The van der Waals surface area contributed by atoms with E-state index in [1.54, 1.807) is 4.90 Å². The van der Waals surface area contributed by atoms with Gasteiger partial charge in [0.25, 0.3) is 5.91 Å². The minimum Gasteiger partial charge on any atom is -0.390 e. The number of H-pyrrole nitrogens is 1. The summed E-state index contributed by atoms with van der Waals surface area (Å²) in [6.45, 7) is 1.21. The molecule has 92 valence electrons. The van der Waals surface area contributed by atoms with E-state index in [4.69, 9.17) is 4.74 Å². The van der Waals surface area contributed by atoms with Gasteiger partial charge in [-0.25, -0.2) is 0 Å². The highest BCUT2D eigenvalue weighted by atomic mass is 19.1. The third kappa shape index (κ3) is 1.71. The summed E-state index contributed by atoms with van der Waals surface area (Å²) in [6, 6.07) is 1.07. The van der Waals surface area contributed by atoms with E-state index in [-0.39, 0.29) is 23.6 Å². The second-order valence-electron chi connectivity index (χ2n) is 4.43. The van der Waals surface area contributed by atoms with Crippen molar-refractivity contribution in [1.82, 2.24) is 15.1 Å². The average molecular weight is 241 g/mol. The molecule has 0 aromatic carbocycles. The molecular formula is C10H12FN3O3. The van der Waals surface area contributed by atoms with Crippen molar-refractivity contribution in [2.45, 2.75) is 12.2 Å². The minimum absolute atomic E-state index is 0.0540. The normalized spacial score (nSPS) is 31.9. The first-order valence-corrected chi connectivity index (χ1v) is 5.45. The van der Waals surface area contributed by atoms with Crippen molar-refractivity contribution >= 4 is 5.91 Å². The van der Waals surface area contributed by atoms with Gasteiger partial charge in [-0.2, -0.15) is 9.49 Å². The Kier molecular flexibility index (Phi) is 2.37.